The van der Waals surface area contributed by atoms with Gasteiger partial charge >= 0.3 is 0 Å². The van der Waals surface area contributed by atoms with Crippen LogP contribution in [0.5, 0.6) is 0 Å². The summed E-state index contributed by atoms with van der Waals surface area (Å²) in [5, 5.41) is 13.1. The van der Waals surface area contributed by atoms with Crippen molar-refractivity contribution >= 4 is 17.2 Å². The minimum atomic E-state index is -0.397. The summed E-state index contributed by atoms with van der Waals surface area (Å²) in [7, 11) is 0. The van der Waals surface area contributed by atoms with Crippen molar-refractivity contribution in [2.75, 3.05) is 13.1 Å². The molecule has 1 aliphatic heterocycles. The van der Waals surface area contributed by atoms with Crippen LogP contribution in [0.15, 0.2) is 46.2 Å². The Morgan fingerprint density at radius 1 is 1.25 bits per heavy atom. The Hall–Kier alpha value is -2.58. The van der Waals surface area contributed by atoms with Crippen LogP contribution in [-0.2, 0) is 11.3 Å². The summed E-state index contributed by atoms with van der Waals surface area (Å²) in [6, 6.07) is 10.2. The molecule has 146 valence electrons. The third-order valence-electron chi connectivity index (χ3n) is 4.83. The third kappa shape index (κ3) is 4.28. The Morgan fingerprint density at radius 3 is 2.96 bits per heavy atom. The molecule has 0 aliphatic carbocycles. The number of carbonyl (C=O) groups excluding carboxylic acids is 1. The van der Waals surface area contributed by atoms with Crippen molar-refractivity contribution in [2.24, 2.45) is 0 Å². The Kier molecular flexibility index (Phi) is 5.78. The highest BCUT2D eigenvalue weighted by Gasteiger charge is 2.30. The molecule has 4 rings (SSSR count). The SMILES string of the molecule is O=C(CN1CCCCC1c1nnc(-c2ccccc2F)o1)NCc1cccs1. The smallest absolute Gasteiger partial charge is 0.250 e. The van der Waals surface area contributed by atoms with Gasteiger partial charge < -0.3 is 9.73 Å². The highest BCUT2D eigenvalue weighted by Crippen LogP contribution is 2.32. The van der Waals surface area contributed by atoms with Crippen LogP contribution < -0.4 is 5.32 Å². The molecule has 0 bridgehead atoms. The van der Waals surface area contributed by atoms with Gasteiger partial charge in [-0.15, -0.1) is 21.5 Å². The number of aromatic nitrogens is 2. The summed E-state index contributed by atoms with van der Waals surface area (Å²) < 4.78 is 19.8. The summed E-state index contributed by atoms with van der Waals surface area (Å²) in [5.74, 6) is 0.171. The number of nitrogens with zero attached hydrogens (tertiary/aromatic N) is 3. The van der Waals surface area contributed by atoms with E-state index in [0.29, 0.717) is 12.4 Å². The molecule has 8 heteroatoms. The van der Waals surface area contributed by atoms with Gasteiger partial charge in [0.2, 0.25) is 11.8 Å². The van der Waals surface area contributed by atoms with Crippen LogP contribution in [0.3, 0.4) is 0 Å². The molecular formula is C20H21FN4O2S. The lowest BCUT2D eigenvalue weighted by molar-refractivity contribution is -0.123. The van der Waals surface area contributed by atoms with Crippen LogP contribution in [0.25, 0.3) is 11.5 Å². The molecule has 1 fully saturated rings. The van der Waals surface area contributed by atoms with Gasteiger partial charge in [0.05, 0.1) is 24.7 Å². The lowest BCUT2D eigenvalue weighted by atomic mass is 10.0. The standard InChI is InChI=1S/C20H21FN4O2S/c21-16-8-2-1-7-15(16)19-23-24-20(27-19)17-9-3-4-10-25(17)13-18(26)22-12-14-6-5-11-28-14/h1-2,5-8,11,17H,3-4,9-10,12-13H2,(H,22,26). The van der Waals surface area contributed by atoms with Gasteiger partial charge in [0.1, 0.15) is 5.82 Å². The maximum absolute atomic E-state index is 14.0. The lowest BCUT2D eigenvalue weighted by Crippen LogP contribution is -2.41. The Labute approximate surface area is 166 Å². The van der Waals surface area contributed by atoms with Crippen molar-refractivity contribution < 1.29 is 13.6 Å². The highest BCUT2D eigenvalue weighted by atomic mass is 32.1. The van der Waals surface area contributed by atoms with Gasteiger partial charge in [-0.05, 0) is 43.0 Å². The summed E-state index contributed by atoms with van der Waals surface area (Å²) in [5.41, 5.74) is 0.289. The average Bonchev–Trinajstić information content (AvgIpc) is 3.39. The number of benzene rings is 1. The normalized spacial score (nSPS) is 17.5. The van der Waals surface area contributed by atoms with Gasteiger partial charge in [-0.25, -0.2) is 4.39 Å². The molecule has 6 nitrogen and oxygen atoms in total. The van der Waals surface area contributed by atoms with Crippen molar-refractivity contribution in [3.63, 3.8) is 0 Å². The van der Waals surface area contributed by atoms with Crippen molar-refractivity contribution in [1.82, 2.24) is 20.4 Å². The predicted molar refractivity (Wildman–Crippen MR) is 104 cm³/mol. The van der Waals surface area contributed by atoms with E-state index in [2.05, 4.69) is 20.4 Å². The van der Waals surface area contributed by atoms with E-state index in [0.717, 1.165) is 30.7 Å². The maximum atomic E-state index is 14.0. The van der Waals surface area contributed by atoms with E-state index in [9.17, 15) is 9.18 Å². The Bertz CT molecular complexity index is 928. The van der Waals surface area contributed by atoms with E-state index in [-0.39, 0.29) is 29.9 Å². The quantitative estimate of drug-likeness (QED) is 0.682. The van der Waals surface area contributed by atoms with Crippen LogP contribution in [0.2, 0.25) is 0 Å². The number of amides is 1. The van der Waals surface area contributed by atoms with E-state index >= 15 is 0 Å². The zero-order valence-electron chi connectivity index (χ0n) is 15.3. The molecule has 3 heterocycles. The zero-order valence-corrected chi connectivity index (χ0v) is 16.1. The number of rotatable bonds is 6. The molecule has 28 heavy (non-hydrogen) atoms. The van der Waals surface area contributed by atoms with Gasteiger partial charge in [-0.1, -0.05) is 24.6 Å². The number of halogens is 1. The second kappa shape index (κ2) is 8.62. The first-order valence-corrected chi connectivity index (χ1v) is 10.2. The number of nitrogens with one attached hydrogen (secondary N) is 1. The van der Waals surface area contributed by atoms with Crippen molar-refractivity contribution in [3.8, 4) is 11.5 Å². The number of hydrogen-bond donors (Lipinski definition) is 1. The lowest BCUT2D eigenvalue weighted by Gasteiger charge is -2.32. The molecule has 0 radical (unpaired) electrons. The molecule has 3 aromatic rings. The third-order valence-corrected chi connectivity index (χ3v) is 5.71. The van der Waals surface area contributed by atoms with Gasteiger partial charge in [-0.3, -0.25) is 9.69 Å². The van der Waals surface area contributed by atoms with E-state index in [1.165, 1.54) is 6.07 Å². The van der Waals surface area contributed by atoms with Gasteiger partial charge in [0, 0.05) is 4.88 Å². The minimum Gasteiger partial charge on any atom is -0.419 e. The number of piperidine rings is 1. The molecule has 1 aromatic carbocycles. The Morgan fingerprint density at radius 2 is 2.14 bits per heavy atom. The molecular weight excluding hydrogens is 379 g/mol. The molecule has 2 aromatic heterocycles. The van der Waals surface area contributed by atoms with Crippen molar-refractivity contribution in [3.05, 3.63) is 58.4 Å². The van der Waals surface area contributed by atoms with Gasteiger partial charge in [0.15, 0.2) is 0 Å². The first-order chi connectivity index (χ1) is 13.7. The van der Waals surface area contributed by atoms with Crippen molar-refractivity contribution in [1.29, 1.82) is 0 Å². The molecule has 0 saturated carbocycles. The molecule has 1 saturated heterocycles. The van der Waals surface area contributed by atoms with Gasteiger partial charge in [-0.2, -0.15) is 0 Å². The topological polar surface area (TPSA) is 71.3 Å². The summed E-state index contributed by atoms with van der Waals surface area (Å²) in [4.78, 5) is 15.6. The van der Waals surface area contributed by atoms with Crippen molar-refractivity contribution in [2.45, 2.75) is 31.8 Å². The molecule has 0 spiro atoms. The summed E-state index contributed by atoms with van der Waals surface area (Å²) in [6.07, 6.45) is 2.87. The van der Waals surface area contributed by atoms with E-state index in [4.69, 9.17) is 4.42 Å². The number of carbonyl (C=O) groups is 1. The van der Waals surface area contributed by atoms with E-state index in [1.807, 2.05) is 17.5 Å². The average molecular weight is 400 g/mol. The van der Waals surface area contributed by atoms with Crippen LogP contribution in [0.1, 0.15) is 36.1 Å². The highest BCUT2D eigenvalue weighted by molar-refractivity contribution is 7.09. The second-order valence-corrected chi connectivity index (χ2v) is 7.80. The molecule has 1 atom stereocenters. The minimum absolute atomic E-state index is 0.0332. The summed E-state index contributed by atoms with van der Waals surface area (Å²) >= 11 is 1.62. The molecule has 1 amide bonds. The second-order valence-electron chi connectivity index (χ2n) is 6.76. The maximum Gasteiger partial charge on any atom is 0.250 e. The monoisotopic (exact) mass is 400 g/mol. The molecule has 1 unspecified atom stereocenters. The fourth-order valence-corrected chi connectivity index (χ4v) is 4.06. The van der Waals surface area contributed by atoms with Crippen LogP contribution in [-0.4, -0.2) is 34.1 Å². The fraction of sp³-hybridized carbons (Fsp3) is 0.350. The zero-order chi connectivity index (χ0) is 19.3. The fourth-order valence-electron chi connectivity index (χ4n) is 3.41. The Balaban J connectivity index is 1.44. The predicted octanol–water partition coefficient (Wildman–Crippen LogP) is 3.78. The number of hydrogen-bond acceptors (Lipinski definition) is 6. The largest absolute Gasteiger partial charge is 0.419 e. The molecule has 1 N–H and O–H groups in total. The van der Waals surface area contributed by atoms with Gasteiger partial charge in [0.25, 0.3) is 5.89 Å². The molecule has 1 aliphatic rings. The number of likely N-dealkylation sites (tertiary alicyclic amines) is 1. The number of thiophene rings is 1. The van der Waals surface area contributed by atoms with Crippen LogP contribution in [0, 0.1) is 5.82 Å². The summed E-state index contributed by atoms with van der Waals surface area (Å²) in [6.45, 7) is 1.59. The van der Waals surface area contributed by atoms with E-state index < -0.39 is 5.82 Å². The van der Waals surface area contributed by atoms with Crippen LogP contribution in [0.4, 0.5) is 4.39 Å². The first kappa shape index (κ1) is 18.8. The first-order valence-electron chi connectivity index (χ1n) is 9.32. The van der Waals surface area contributed by atoms with Crippen LogP contribution >= 0.6 is 11.3 Å². The van der Waals surface area contributed by atoms with E-state index in [1.54, 1.807) is 29.5 Å².